The second-order valence-corrected chi connectivity index (χ2v) is 6.32. The summed E-state index contributed by atoms with van der Waals surface area (Å²) in [5.74, 6) is 0.371. The van der Waals surface area contributed by atoms with Crippen molar-refractivity contribution in [1.29, 1.82) is 0 Å². The van der Waals surface area contributed by atoms with Crippen molar-refractivity contribution in [1.82, 2.24) is 5.43 Å². The standard InChI is InChI=1S/C18H18Cl2N2O2/c1-11-6-12(2)18(13(3)7-11)24-10-17(23)22-21-9-14-4-5-15(19)8-16(14)20/h4-9H,10H2,1-3H3,(H,22,23)/b21-9-. The van der Waals surface area contributed by atoms with Crippen LogP contribution in [0.1, 0.15) is 22.3 Å². The summed E-state index contributed by atoms with van der Waals surface area (Å²) in [6.07, 6.45) is 1.46. The van der Waals surface area contributed by atoms with E-state index in [1.165, 1.54) is 6.21 Å². The van der Waals surface area contributed by atoms with Gasteiger partial charge in [-0.1, -0.05) is 47.0 Å². The van der Waals surface area contributed by atoms with Gasteiger partial charge in [0.05, 0.1) is 11.2 Å². The quantitative estimate of drug-likeness (QED) is 0.629. The van der Waals surface area contributed by atoms with Crippen molar-refractivity contribution in [2.75, 3.05) is 6.61 Å². The fourth-order valence-electron chi connectivity index (χ4n) is 2.34. The lowest BCUT2D eigenvalue weighted by Crippen LogP contribution is -2.25. The highest BCUT2D eigenvalue weighted by Crippen LogP contribution is 2.24. The maximum Gasteiger partial charge on any atom is 0.277 e. The molecule has 0 aliphatic heterocycles. The van der Waals surface area contributed by atoms with Crippen molar-refractivity contribution < 1.29 is 9.53 Å². The molecule has 0 saturated heterocycles. The van der Waals surface area contributed by atoms with Crippen molar-refractivity contribution >= 4 is 35.3 Å². The molecule has 0 aromatic heterocycles. The Hall–Kier alpha value is -2.04. The molecule has 0 unspecified atom stereocenters. The molecule has 2 aromatic rings. The normalized spacial score (nSPS) is 10.9. The monoisotopic (exact) mass is 364 g/mol. The van der Waals surface area contributed by atoms with Gasteiger partial charge in [-0.05, 0) is 44.0 Å². The lowest BCUT2D eigenvalue weighted by molar-refractivity contribution is -0.123. The van der Waals surface area contributed by atoms with Gasteiger partial charge in [-0.25, -0.2) is 5.43 Å². The first-order valence-corrected chi connectivity index (χ1v) is 8.10. The highest BCUT2D eigenvalue weighted by Gasteiger charge is 2.08. The molecule has 24 heavy (non-hydrogen) atoms. The predicted octanol–water partition coefficient (Wildman–Crippen LogP) is 4.45. The third kappa shape index (κ3) is 4.98. The van der Waals surface area contributed by atoms with Crippen molar-refractivity contribution in [3.05, 3.63) is 62.6 Å². The zero-order valence-electron chi connectivity index (χ0n) is 13.7. The Kier molecular flexibility index (Phi) is 6.23. The minimum absolute atomic E-state index is 0.115. The number of rotatable bonds is 5. The number of aryl methyl sites for hydroxylation is 3. The zero-order valence-corrected chi connectivity index (χ0v) is 15.2. The van der Waals surface area contributed by atoms with Gasteiger partial charge in [0.1, 0.15) is 5.75 Å². The van der Waals surface area contributed by atoms with Gasteiger partial charge < -0.3 is 4.74 Å². The molecule has 0 radical (unpaired) electrons. The molecule has 2 aromatic carbocycles. The third-order valence-corrected chi connectivity index (χ3v) is 3.87. The first kappa shape index (κ1) is 18.3. The van der Waals surface area contributed by atoms with Crippen LogP contribution in [-0.4, -0.2) is 18.7 Å². The van der Waals surface area contributed by atoms with E-state index in [4.69, 9.17) is 27.9 Å². The Balaban J connectivity index is 1.91. The van der Waals surface area contributed by atoms with Crippen LogP contribution in [-0.2, 0) is 4.79 Å². The minimum Gasteiger partial charge on any atom is -0.483 e. The van der Waals surface area contributed by atoms with E-state index in [1.54, 1.807) is 18.2 Å². The largest absolute Gasteiger partial charge is 0.483 e. The fraction of sp³-hybridized carbons (Fsp3) is 0.222. The Bertz CT molecular complexity index is 766. The van der Waals surface area contributed by atoms with E-state index in [9.17, 15) is 4.79 Å². The molecular formula is C18H18Cl2N2O2. The smallest absolute Gasteiger partial charge is 0.277 e. The first-order valence-electron chi connectivity index (χ1n) is 7.34. The summed E-state index contributed by atoms with van der Waals surface area (Å²) in [5.41, 5.74) is 6.22. The number of hydrazone groups is 1. The maximum atomic E-state index is 11.8. The number of amides is 1. The van der Waals surface area contributed by atoms with Gasteiger partial charge in [0.25, 0.3) is 5.91 Å². The Labute approximate surface area is 151 Å². The lowest BCUT2D eigenvalue weighted by atomic mass is 10.1. The number of carbonyl (C=O) groups excluding carboxylic acids is 1. The van der Waals surface area contributed by atoms with E-state index in [0.29, 0.717) is 15.6 Å². The average Bonchev–Trinajstić information content (AvgIpc) is 2.48. The van der Waals surface area contributed by atoms with Crippen LogP contribution < -0.4 is 10.2 Å². The minimum atomic E-state index is -0.351. The van der Waals surface area contributed by atoms with E-state index >= 15 is 0 Å². The number of hydrogen-bond donors (Lipinski definition) is 1. The molecule has 0 aliphatic carbocycles. The van der Waals surface area contributed by atoms with Crippen molar-refractivity contribution in [3.8, 4) is 5.75 Å². The Morgan fingerprint density at radius 2 is 1.83 bits per heavy atom. The van der Waals surface area contributed by atoms with Gasteiger partial charge in [0.2, 0.25) is 0 Å². The van der Waals surface area contributed by atoms with Crippen LogP contribution in [0.25, 0.3) is 0 Å². The maximum absolute atomic E-state index is 11.8. The molecule has 0 spiro atoms. The Morgan fingerprint density at radius 1 is 1.17 bits per heavy atom. The summed E-state index contributed by atoms with van der Waals surface area (Å²) in [5, 5.41) is 4.87. The molecule has 6 heteroatoms. The van der Waals surface area contributed by atoms with Crippen molar-refractivity contribution in [2.24, 2.45) is 5.10 Å². The second-order valence-electron chi connectivity index (χ2n) is 5.48. The van der Waals surface area contributed by atoms with Crippen LogP contribution in [0.5, 0.6) is 5.75 Å². The molecule has 0 saturated carbocycles. The van der Waals surface area contributed by atoms with E-state index < -0.39 is 0 Å². The first-order chi connectivity index (χ1) is 11.4. The molecule has 0 aliphatic rings. The van der Waals surface area contributed by atoms with Gasteiger partial charge in [0.15, 0.2) is 6.61 Å². The van der Waals surface area contributed by atoms with Gasteiger partial charge >= 0.3 is 0 Å². The van der Waals surface area contributed by atoms with Crippen LogP contribution in [0.3, 0.4) is 0 Å². The van der Waals surface area contributed by atoms with Crippen LogP contribution in [0.2, 0.25) is 10.0 Å². The van der Waals surface area contributed by atoms with Crippen LogP contribution in [0.15, 0.2) is 35.4 Å². The van der Waals surface area contributed by atoms with Gasteiger partial charge in [-0.3, -0.25) is 4.79 Å². The van der Waals surface area contributed by atoms with E-state index in [2.05, 4.69) is 10.5 Å². The molecule has 0 fully saturated rings. The topological polar surface area (TPSA) is 50.7 Å². The molecule has 4 nitrogen and oxygen atoms in total. The molecule has 0 bridgehead atoms. The summed E-state index contributed by atoms with van der Waals surface area (Å²) in [6.45, 7) is 5.81. The van der Waals surface area contributed by atoms with Crippen LogP contribution in [0.4, 0.5) is 0 Å². The number of hydrogen-bond acceptors (Lipinski definition) is 3. The lowest BCUT2D eigenvalue weighted by Gasteiger charge is -2.12. The molecule has 1 amide bonds. The van der Waals surface area contributed by atoms with Gasteiger partial charge in [-0.15, -0.1) is 0 Å². The number of carbonyl (C=O) groups is 1. The summed E-state index contributed by atoms with van der Waals surface area (Å²) in [6, 6.07) is 9.05. The molecule has 1 N–H and O–H groups in total. The highest BCUT2D eigenvalue weighted by atomic mass is 35.5. The van der Waals surface area contributed by atoms with Crippen LogP contribution >= 0.6 is 23.2 Å². The molecule has 126 valence electrons. The molecule has 0 heterocycles. The van der Waals surface area contributed by atoms with Gasteiger partial charge in [-0.2, -0.15) is 5.10 Å². The Morgan fingerprint density at radius 3 is 2.46 bits per heavy atom. The number of nitrogens with zero attached hydrogens (tertiary/aromatic N) is 1. The summed E-state index contributed by atoms with van der Waals surface area (Å²) in [7, 11) is 0. The summed E-state index contributed by atoms with van der Waals surface area (Å²) in [4.78, 5) is 11.8. The number of nitrogens with one attached hydrogen (secondary N) is 1. The van der Waals surface area contributed by atoms with E-state index in [1.807, 2.05) is 32.9 Å². The molecular weight excluding hydrogens is 347 g/mol. The number of halogens is 2. The summed E-state index contributed by atoms with van der Waals surface area (Å²) < 4.78 is 5.60. The predicted molar refractivity (Wildman–Crippen MR) is 98.3 cm³/mol. The van der Waals surface area contributed by atoms with Crippen molar-refractivity contribution in [2.45, 2.75) is 20.8 Å². The van der Waals surface area contributed by atoms with Crippen LogP contribution in [0, 0.1) is 20.8 Å². The van der Waals surface area contributed by atoms with E-state index in [-0.39, 0.29) is 12.5 Å². The SMILES string of the molecule is Cc1cc(C)c(OCC(=O)N/N=C\c2ccc(Cl)cc2Cl)c(C)c1. The van der Waals surface area contributed by atoms with Gasteiger partial charge in [0, 0.05) is 10.6 Å². The molecule has 0 atom stereocenters. The highest BCUT2D eigenvalue weighted by molar-refractivity contribution is 6.36. The second kappa shape index (κ2) is 8.18. The zero-order chi connectivity index (χ0) is 17.7. The van der Waals surface area contributed by atoms with Crippen molar-refractivity contribution in [3.63, 3.8) is 0 Å². The number of ether oxygens (including phenoxy) is 1. The summed E-state index contributed by atoms with van der Waals surface area (Å²) >= 11 is 11.8. The van der Waals surface area contributed by atoms with E-state index in [0.717, 1.165) is 22.4 Å². The fourth-order valence-corrected chi connectivity index (χ4v) is 2.80. The third-order valence-electron chi connectivity index (χ3n) is 3.31. The number of benzene rings is 2. The molecule has 2 rings (SSSR count). The average molecular weight is 365 g/mol.